The van der Waals surface area contributed by atoms with Gasteiger partial charge in [-0.3, -0.25) is 4.79 Å². The van der Waals surface area contributed by atoms with Gasteiger partial charge in [-0.05, 0) is 63.1 Å². The van der Waals surface area contributed by atoms with Crippen molar-refractivity contribution in [1.29, 1.82) is 0 Å². The maximum absolute atomic E-state index is 13.0. The molecule has 0 bridgehead atoms. The average Bonchev–Trinajstić information content (AvgIpc) is 2.69. The van der Waals surface area contributed by atoms with E-state index >= 15 is 0 Å². The fourth-order valence-corrected chi connectivity index (χ4v) is 6.07. The predicted molar refractivity (Wildman–Crippen MR) is 107 cm³/mol. The highest BCUT2D eigenvalue weighted by atomic mass is 32.2. The number of hydrogen-bond acceptors (Lipinski definition) is 3. The Balaban J connectivity index is 1.76. The van der Waals surface area contributed by atoms with Crippen LogP contribution < -0.4 is 5.32 Å². The monoisotopic (exact) mass is 392 g/mol. The molecule has 1 amide bonds. The molecule has 0 aromatic heterocycles. The number of benzene rings is 1. The number of amides is 1. The molecule has 1 N–H and O–H groups in total. The first-order valence-electron chi connectivity index (χ1n) is 10.3. The summed E-state index contributed by atoms with van der Waals surface area (Å²) in [6.07, 6.45) is 8.93. The van der Waals surface area contributed by atoms with E-state index in [1.54, 1.807) is 29.4 Å². The molecule has 1 aromatic carbocycles. The van der Waals surface area contributed by atoms with Crippen molar-refractivity contribution in [2.45, 2.75) is 76.2 Å². The van der Waals surface area contributed by atoms with Gasteiger partial charge in [0.05, 0.1) is 4.90 Å². The van der Waals surface area contributed by atoms with Crippen LogP contribution in [-0.4, -0.2) is 37.8 Å². The summed E-state index contributed by atoms with van der Waals surface area (Å²) in [5.41, 5.74) is 1.12. The van der Waals surface area contributed by atoms with Gasteiger partial charge in [-0.25, -0.2) is 8.42 Å². The molecule has 5 nitrogen and oxygen atoms in total. The van der Waals surface area contributed by atoms with Gasteiger partial charge in [0.15, 0.2) is 0 Å². The molecule has 0 spiro atoms. The fraction of sp³-hybridized carbons (Fsp3) is 0.667. The second-order valence-electron chi connectivity index (χ2n) is 8.11. The first-order chi connectivity index (χ1) is 12.9. The van der Waals surface area contributed by atoms with Crippen molar-refractivity contribution in [3.8, 4) is 0 Å². The summed E-state index contributed by atoms with van der Waals surface area (Å²) < 4.78 is 27.7. The standard InChI is InChI=1S/C21H32N2O3S/c1-16-11-12-19(21(24)22-17(2)18-9-5-3-6-10-18)15-20(16)27(25,26)23-13-7-4-8-14-23/h11-12,15,17-18H,3-10,13-14H2,1-2H3,(H,22,24)/t17-/m0/s1. The molecule has 2 aliphatic rings. The third-order valence-corrected chi connectivity index (χ3v) is 8.14. The molecular weight excluding hydrogens is 360 g/mol. The zero-order valence-corrected chi connectivity index (χ0v) is 17.4. The number of carbonyl (C=O) groups excluding carboxylic acids is 1. The van der Waals surface area contributed by atoms with E-state index in [-0.39, 0.29) is 16.8 Å². The van der Waals surface area contributed by atoms with Crippen molar-refractivity contribution in [3.63, 3.8) is 0 Å². The van der Waals surface area contributed by atoms with Crippen LogP contribution in [0.15, 0.2) is 23.1 Å². The zero-order chi connectivity index (χ0) is 19.4. The smallest absolute Gasteiger partial charge is 0.251 e. The first kappa shape index (κ1) is 20.3. The molecule has 150 valence electrons. The lowest BCUT2D eigenvalue weighted by atomic mass is 9.84. The first-order valence-corrected chi connectivity index (χ1v) is 11.8. The van der Waals surface area contributed by atoms with Crippen molar-refractivity contribution < 1.29 is 13.2 Å². The summed E-state index contributed by atoms with van der Waals surface area (Å²) in [6.45, 7) is 4.99. The van der Waals surface area contributed by atoms with Gasteiger partial charge in [-0.1, -0.05) is 31.7 Å². The van der Waals surface area contributed by atoms with Crippen molar-refractivity contribution in [2.24, 2.45) is 5.92 Å². The zero-order valence-electron chi connectivity index (χ0n) is 16.5. The van der Waals surface area contributed by atoms with Gasteiger partial charge in [0.2, 0.25) is 10.0 Å². The fourth-order valence-electron chi connectivity index (χ4n) is 4.31. The van der Waals surface area contributed by atoms with E-state index < -0.39 is 10.0 Å². The minimum Gasteiger partial charge on any atom is -0.349 e. The maximum Gasteiger partial charge on any atom is 0.251 e. The Kier molecular flexibility index (Phi) is 6.58. The van der Waals surface area contributed by atoms with Gasteiger partial charge in [0.1, 0.15) is 0 Å². The number of sulfonamides is 1. The summed E-state index contributed by atoms with van der Waals surface area (Å²) in [5.74, 6) is 0.341. The number of piperidine rings is 1. The molecule has 1 aliphatic carbocycles. The summed E-state index contributed by atoms with van der Waals surface area (Å²) in [7, 11) is -3.54. The highest BCUT2D eigenvalue weighted by Gasteiger charge is 2.28. The Bertz CT molecular complexity index is 764. The average molecular weight is 393 g/mol. The van der Waals surface area contributed by atoms with E-state index in [1.807, 2.05) is 0 Å². The number of rotatable bonds is 5. The largest absolute Gasteiger partial charge is 0.349 e. The molecule has 6 heteroatoms. The molecule has 1 saturated heterocycles. The van der Waals surface area contributed by atoms with E-state index in [0.717, 1.165) is 32.1 Å². The highest BCUT2D eigenvalue weighted by Crippen LogP contribution is 2.27. The molecule has 3 rings (SSSR count). The summed E-state index contributed by atoms with van der Waals surface area (Å²) in [6, 6.07) is 5.15. The van der Waals surface area contributed by atoms with Crippen molar-refractivity contribution in [3.05, 3.63) is 29.3 Å². The van der Waals surface area contributed by atoms with Crippen LogP contribution in [0.25, 0.3) is 0 Å². The Hall–Kier alpha value is -1.40. The van der Waals surface area contributed by atoms with Crippen LogP contribution in [0.1, 0.15) is 74.2 Å². The van der Waals surface area contributed by atoms with Gasteiger partial charge >= 0.3 is 0 Å². The van der Waals surface area contributed by atoms with Gasteiger partial charge in [0, 0.05) is 24.7 Å². The lowest BCUT2D eigenvalue weighted by molar-refractivity contribution is 0.0919. The molecule has 1 heterocycles. The van der Waals surface area contributed by atoms with Crippen LogP contribution in [0.5, 0.6) is 0 Å². The summed E-state index contributed by atoms with van der Waals surface area (Å²) in [4.78, 5) is 13.0. The second kappa shape index (κ2) is 8.74. The Labute approximate surface area is 163 Å². The van der Waals surface area contributed by atoms with Gasteiger partial charge in [-0.2, -0.15) is 4.31 Å². The van der Waals surface area contributed by atoms with Crippen molar-refractivity contribution >= 4 is 15.9 Å². The number of aryl methyl sites for hydroxylation is 1. The molecule has 1 aromatic rings. The molecule has 0 radical (unpaired) electrons. The summed E-state index contributed by atoms with van der Waals surface area (Å²) in [5, 5.41) is 3.10. The molecule has 1 saturated carbocycles. The van der Waals surface area contributed by atoms with Crippen LogP contribution in [0.2, 0.25) is 0 Å². The lowest BCUT2D eigenvalue weighted by Gasteiger charge is -2.28. The summed E-state index contributed by atoms with van der Waals surface area (Å²) >= 11 is 0. The normalized spacial score (nSPS) is 21.0. The third kappa shape index (κ3) is 4.72. The van der Waals surface area contributed by atoms with E-state index in [0.29, 0.717) is 30.1 Å². The Morgan fingerprint density at radius 3 is 2.37 bits per heavy atom. The van der Waals surface area contributed by atoms with E-state index in [4.69, 9.17) is 0 Å². The molecule has 1 atom stereocenters. The number of carbonyl (C=O) groups is 1. The number of hydrogen-bond donors (Lipinski definition) is 1. The van der Waals surface area contributed by atoms with Gasteiger partial charge in [-0.15, -0.1) is 0 Å². The van der Waals surface area contributed by atoms with E-state index in [1.165, 1.54) is 19.3 Å². The minimum atomic E-state index is -3.54. The van der Waals surface area contributed by atoms with Crippen LogP contribution in [0, 0.1) is 12.8 Å². The van der Waals surface area contributed by atoms with Gasteiger partial charge < -0.3 is 5.32 Å². The molecule has 1 aliphatic heterocycles. The van der Waals surface area contributed by atoms with Crippen LogP contribution in [0.4, 0.5) is 0 Å². The molecule has 27 heavy (non-hydrogen) atoms. The lowest BCUT2D eigenvalue weighted by Crippen LogP contribution is -2.39. The van der Waals surface area contributed by atoms with Crippen LogP contribution in [-0.2, 0) is 10.0 Å². The van der Waals surface area contributed by atoms with Crippen LogP contribution >= 0.6 is 0 Å². The predicted octanol–water partition coefficient (Wildman–Crippen LogP) is 3.87. The molecular formula is C21H32N2O3S. The second-order valence-corrected chi connectivity index (χ2v) is 10.0. The Morgan fingerprint density at radius 2 is 1.70 bits per heavy atom. The van der Waals surface area contributed by atoms with Gasteiger partial charge in [0.25, 0.3) is 5.91 Å². The Morgan fingerprint density at radius 1 is 1.07 bits per heavy atom. The topological polar surface area (TPSA) is 66.5 Å². The third-order valence-electron chi connectivity index (χ3n) is 6.10. The molecule has 0 unspecified atom stereocenters. The number of nitrogens with one attached hydrogen (secondary N) is 1. The quantitative estimate of drug-likeness (QED) is 0.827. The van der Waals surface area contributed by atoms with E-state index in [2.05, 4.69) is 12.2 Å². The van der Waals surface area contributed by atoms with E-state index in [9.17, 15) is 13.2 Å². The maximum atomic E-state index is 13.0. The van der Waals surface area contributed by atoms with Crippen molar-refractivity contribution in [1.82, 2.24) is 9.62 Å². The van der Waals surface area contributed by atoms with Crippen LogP contribution in [0.3, 0.4) is 0 Å². The highest BCUT2D eigenvalue weighted by molar-refractivity contribution is 7.89. The minimum absolute atomic E-state index is 0.112. The molecule has 2 fully saturated rings. The SMILES string of the molecule is Cc1ccc(C(=O)N[C@@H](C)C2CCCCC2)cc1S(=O)(=O)N1CCCCC1. The number of nitrogens with zero attached hydrogens (tertiary/aromatic N) is 1. The van der Waals surface area contributed by atoms with Crippen molar-refractivity contribution in [2.75, 3.05) is 13.1 Å².